The molecule has 90 valence electrons. The minimum absolute atomic E-state index is 0.0888. The van der Waals surface area contributed by atoms with Gasteiger partial charge < -0.3 is 5.32 Å². The minimum Gasteiger partial charge on any atom is -0.338 e. The lowest BCUT2D eigenvalue weighted by molar-refractivity contribution is 0.247. The summed E-state index contributed by atoms with van der Waals surface area (Å²) < 4.78 is 1.10. The average Bonchev–Trinajstić information content (AvgIpc) is 2.73. The number of hydrogen-bond donors (Lipinski definition) is 1. The number of nitrogens with zero attached hydrogens (tertiary/aromatic N) is 2. The summed E-state index contributed by atoms with van der Waals surface area (Å²) in [5.41, 5.74) is 0.940. The highest BCUT2D eigenvalue weighted by atomic mass is 32.1. The number of hydrogen-bond acceptors (Lipinski definition) is 3. The summed E-state index contributed by atoms with van der Waals surface area (Å²) in [4.78, 5) is 18.0. The van der Waals surface area contributed by atoms with Gasteiger partial charge >= 0.3 is 6.03 Å². The fourth-order valence-corrected chi connectivity index (χ4v) is 2.62. The number of aromatic nitrogens is 1. The van der Waals surface area contributed by atoms with Gasteiger partial charge in [0.2, 0.25) is 0 Å². The molecular weight excluding hydrogens is 234 g/mol. The maximum Gasteiger partial charge on any atom is 0.323 e. The van der Waals surface area contributed by atoms with Gasteiger partial charge in [0.25, 0.3) is 0 Å². The van der Waals surface area contributed by atoms with Crippen LogP contribution in [0.3, 0.4) is 0 Å². The SMILES string of the molecule is CCNC(=O)N(CC)c1nc2ccccc2s1. The van der Waals surface area contributed by atoms with Crippen LogP contribution in [0.5, 0.6) is 0 Å². The van der Waals surface area contributed by atoms with Crippen molar-refractivity contribution in [3.63, 3.8) is 0 Å². The van der Waals surface area contributed by atoms with E-state index in [0.717, 1.165) is 15.3 Å². The summed E-state index contributed by atoms with van der Waals surface area (Å²) in [5, 5.41) is 3.54. The van der Waals surface area contributed by atoms with Crippen molar-refractivity contribution in [1.29, 1.82) is 0 Å². The second-order valence-electron chi connectivity index (χ2n) is 3.54. The fourth-order valence-electron chi connectivity index (χ4n) is 1.59. The Kier molecular flexibility index (Phi) is 3.58. The molecule has 0 atom stereocenters. The lowest BCUT2D eigenvalue weighted by Gasteiger charge is -2.17. The topological polar surface area (TPSA) is 45.2 Å². The van der Waals surface area contributed by atoms with Gasteiger partial charge in [0, 0.05) is 13.1 Å². The van der Waals surface area contributed by atoms with Crippen LogP contribution in [0.1, 0.15) is 13.8 Å². The van der Waals surface area contributed by atoms with Crippen molar-refractivity contribution in [2.45, 2.75) is 13.8 Å². The molecule has 2 aromatic rings. The van der Waals surface area contributed by atoms with E-state index in [1.165, 1.54) is 11.3 Å². The molecule has 0 radical (unpaired) electrons. The normalized spacial score (nSPS) is 10.5. The molecule has 0 bridgehead atoms. The summed E-state index contributed by atoms with van der Waals surface area (Å²) in [7, 11) is 0. The van der Waals surface area contributed by atoms with Crippen molar-refractivity contribution >= 4 is 32.7 Å². The Hall–Kier alpha value is -1.62. The van der Waals surface area contributed by atoms with Crippen molar-refractivity contribution < 1.29 is 4.79 Å². The van der Waals surface area contributed by atoms with E-state index in [4.69, 9.17) is 0 Å². The van der Waals surface area contributed by atoms with E-state index >= 15 is 0 Å². The minimum atomic E-state index is -0.0888. The van der Waals surface area contributed by atoms with Gasteiger partial charge in [0.05, 0.1) is 10.2 Å². The molecule has 0 saturated carbocycles. The van der Waals surface area contributed by atoms with E-state index < -0.39 is 0 Å². The summed E-state index contributed by atoms with van der Waals surface area (Å²) >= 11 is 1.54. The van der Waals surface area contributed by atoms with Gasteiger partial charge in [-0.2, -0.15) is 0 Å². The Morgan fingerprint density at radius 3 is 2.82 bits per heavy atom. The van der Waals surface area contributed by atoms with Gasteiger partial charge in [-0.05, 0) is 26.0 Å². The van der Waals surface area contributed by atoms with Gasteiger partial charge in [-0.1, -0.05) is 23.5 Å². The molecule has 1 heterocycles. The molecule has 0 fully saturated rings. The molecule has 0 aliphatic carbocycles. The maximum absolute atomic E-state index is 11.8. The Balaban J connectivity index is 2.33. The number of fused-ring (bicyclic) bond motifs is 1. The lowest BCUT2D eigenvalue weighted by Crippen LogP contribution is -2.39. The molecule has 1 N–H and O–H groups in total. The highest BCUT2D eigenvalue weighted by Crippen LogP contribution is 2.28. The highest BCUT2D eigenvalue weighted by molar-refractivity contribution is 7.22. The van der Waals surface area contributed by atoms with Crippen LogP contribution in [0.2, 0.25) is 0 Å². The zero-order valence-electron chi connectivity index (χ0n) is 9.93. The van der Waals surface area contributed by atoms with Gasteiger partial charge in [-0.15, -0.1) is 0 Å². The summed E-state index contributed by atoms with van der Waals surface area (Å²) in [6.45, 7) is 5.09. The van der Waals surface area contributed by atoms with Crippen molar-refractivity contribution in [2.24, 2.45) is 0 Å². The average molecular weight is 249 g/mol. The van der Waals surface area contributed by atoms with Crippen molar-refractivity contribution in [3.8, 4) is 0 Å². The number of anilines is 1. The fraction of sp³-hybridized carbons (Fsp3) is 0.333. The number of para-hydroxylation sites is 1. The van der Waals surface area contributed by atoms with E-state index in [1.807, 2.05) is 38.1 Å². The van der Waals surface area contributed by atoms with E-state index in [0.29, 0.717) is 13.1 Å². The molecule has 0 aliphatic heterocycles. The van der Waals surface area contributed by atoms with Crippen LogP contribution in [-0.2, 0) is 0 Å². The maximum atomic E-state index is 11.8. The van der Waals surface area contributed by atoms with Crippen LogP contribution in [-0.4, -0.2) is 24.1 Å². The second-order valence-corrected chi connectivity index (χ2v) is 4.55. The number of benzene rings is 1. The van der Waals surface area contributed by atoms with Crippen LogP contribution >= 0.6 is 11.3 Å². The van der Waals surface area contributed by atoms with Crippen molar-refractivity contribution in [1.82, 2.24) is 10.3 Å². The molecule has 5 heteroatoms. The standard InChI is InChI=1S/C12H15N3OS/c1-3-13-11(16)15(4-2)12-14-9-7-5-6-8-10(9)17-12/h5-8H,3-4H2,1-2H3,(H,13,16). The molecule has 0 saturated heterocycles. The molecule has 0 unspecified atom stereocenters. The van der Waals surface area contributed by atoms with E-state index in [9.17, 15) is 4.79 Å². The summed E-state index contributed by atoms with van der Waals surface area (Å²) in [5.74, 6) is 0. The van der Waals surface area contributed by atoms with Crippen LogP contribution in [0.4, 0.5) is 9.93 Å². The quantitative estimate of drug-likeness (QED) is 0.909. The predicted molar refractivity (Wildman–Crippen MR) is 71.7 cm³/mol. The number of carbonyl (C=O) groups excluding carboxylic acids is 1. The molecule has 1 aromatic heterocycles. The molecule has 4 nitrogen and oxygen atoms in total. The first kappa shape index (κ1) is 11.9. The first-order valence-electron chi connectivity index (χ1n) is 5.67. The smallest absolute Gasteiger partial charge is 0.323 e. The largest absolute Gasteiger partial charge is 0.338 e. The molecule has 1 aromatic carbocycles. The van der Waals surface area contributed by atoms with Crippen LogP contribution in [0.25, 0.3) is 10.2 Å². The molecule has 2 amide bonds. The van der Waals surface area contributed by atoms with Gasteiger partial charge in [-0.25, -0.2) is 9.78 Å². The van der Waals surface area contributed by atoms with Crippen molar-refractivity contribution in [2.75, 3.05) is 18.0 Å². The van der Waals surface area contributed by atoms with Gasteiger partial charge in [0.1, 0.15) is 0 Å². The van der Waals surface area contributed by atoms with Crippen molar-refractivity contribution in [3.05, 3.63) is 24.3 Å². The first-order valence-corrected chi connectivity index (χ1v) is 6.48. The number of urea groups is 1. The Morgan fingerprint density at radius 2 is 2.18 bits per heavy atom. The Bertz CT molecular complexity index is 490. The summed E-state index contributed by atoms with van der Waals surface area (Å²) in [6, 6.07) is 7.82. The van der Waals surface area contributed by atoms with E-state index in [-0.39, 0.29) is 6.03 Å². The van der Waals surface area contributed by atoms with Gasteiger partial charge in [0.15, 0.2) is 5.13 Å². The van der Waals surface area contributed by atoms with Crippen LogP contribution < -0.4 is 10.2 Å². The van der Waals surface area contributed by atoms with Crippen LogP contribution in [0, 0.1) is 0 Å². The number of rotatable bonds is 3. The summed E-state index contributed by atoms with van der Waals surface area (Å²) in [6.07, 6.45) is 0. The zero-order valence-corrected chi connectivity index (χ0v) is 10.8. The van der Waals surface area contributed by atoms with E-state index in [2.05, 4.69) is 10.3 Å². The molecule has 0 aliphatic rings. The Labute approximate surface area is 104 Å². The number of nitrogens with one attached hydrogen (secondary N) is 1. The third-order valence-electron chi connectivity index (χ3n) is 2.40. The van der Waals surface area contributed by atoms with Gasteiger partial charge in [-0.3, -0.25) is 4.90 Å². The lowest BCUT2D eigenvalue weighted by atomic mass is 10.3. The third-order valence-corrected chi connectivity index (χ3v) is 3.46. The molecular formula is C12H15N3OS. The van der Waals surface area contributed by atoms with Crippen LogP contribution in [0.15, 0.2) is 24.3 Å². The molecule has 0 spiro atoms. The number of amides is 2. The third kappa shape index (κ3) is 2.39. The molecule has 2 rings (SSSR count). The highest BCUT2D eigenvalue weighted by Gasteiger charge is 2.16. The first-order chi connectivity index (χ1) is 8.26. The van der Waals surface area contributed by atoms with E-state index in [1.54, 1.807) is 4.90 Å². The monoisotopic (exact) mass is 249 g/mol. The molecule has 17 heavy (non-hydrogen) atoms. The number of thiazole rings is 1. The zero-order chi connectivity index (χ0) is 12.3. The predicted octanol–water partition coefficient (Wildman–Crippen LogP) is 2.85. The number of carbonyl (C=O) groups is 1. The Morgan fingerprint density at radius 1 is 1.41 bits per heavy atom. The second kappa shape index (κ2) is 5.14.